The molecule has 6 heteroatoms. The quantitative estimate of drug-likeness (QED) is 0.404. The number of hydrogen-bond donors (Lipinski definition) is 3. The Kier molecular flexibility index (Phi) is 10.3. The first-order valence-corrected chi connectivity index (χ1v) is 6.04. The molecule has 17 heavy (non-hydrogen) atoms. The van der Waals surface area contributed by atoms with Crippen LogP contribution < -0.4 is 10.8 Å². The molecule has 0 fully saturated rings. The lowest BCUT2D eigenvalue weighted by Crippen LogP contribution is -2.37. The summed E-state index contributed by atoms with van der Waals surface area (Å²) < 4.78 is 0. The van der Waals surface area contributed by atoms with E-state index < -0.39 is 18.6 Å². The molecule has 0 unspecified atom stereocenters. The van der Waals surface area contributed by atoms with E-state index in [0.717, 1.165) is 12.8 Å². The fourth-order valence-corrected chi connectivity index (χ4v) is 1.31. The van der Waals surface area contributed by atoms with E-state index in [0.29, 0.717) is 6.54 Å². The number of rotatable bonds is 10. The molecule has 0 aliphatic carbocycles. The van der Waals surface area contributed by atoms with Crippen molar-refractivity contribution < 1.29 is 19.5 Å². The smallest absolute Gasteiger partial charge is 0.338 e. The van der Waals surface area contributed by atoms with E-state index in [1.54, 1.807) is 0 Å². The molecule has 0 saturated heterocycles. The van der Waals surface area contributed by atoms with Gasteiger partial charge in [0.15, 0.2) is 6.61 Å². The highest BCUT2D eigenvalue weighted by Gasteiger charge is 2.01. The van der Waals surface area contributed by atoms with Gasteiger partial charge in [0.05, 0.1) is 0 Å². The Hall–Kier alpha value is -1.30. The SMILES string of the molecule is CCCCCCCCNC(=O)NOCC(=O)O. The molecule has 0 aliphatic rings. The van der Waals surface area contributed by atoms with E-state index >= 15 is 0 Å². The molecule has 0 aromatic rings. The Labute approximate surface area is 102 Å². The van der Waals surface area contributed by atoms with Gasteiger partial charge in [0.25, 0.3) is 0 Å². The standard InChI is InChI=1S/C11H22N2O4/c1-2-3-4-5-6-7-8-12-11(16)13-17-9-10(14)15/h2-9H2,1H3,(H,14,15)(H2,12,13,16). The summed E-state index contributed by atoms with van der Waals surface area (Å²) in [6.07, 6.45) is 6.93. The molecule has 3 N–H and O–H groups in total. The number of carboxylic acid groups (broad SMARTS) is 1. The summed E-state index contributed by atoms with van der Waals surface area (Å²) >= 11 is 0. The van der Waals surface area contributed by atoms with Gasteiger partial charge in [-0.3, -0.25) is 4.84 Å². The number of carboxylic acids is 1. The number of urea groups is 1. The first-order chi connectivity index (χ1) is 8.16. The van der Waals surface area contributed by atoms with Crippen LogP contribution in [0.2, 0.25) is 0 Å². The van der Waals surface area contributed by atoms with E-state index in [1.165, 1.54) is 25.7 Å². The number of nitrogens with one attached hydrogen (secondary N) is 2. The summed E-state index contributed by atoms with van der Waals surface area (Å²) in [6.45, 7) is 2.21. The normalized spacial score (nSPS) is 9.94. The van der Waals surface area contributed by atoms with Gasteiger partial charge in [0.2, 0.25) is 0 Å². The predicted molar refractivity (Wildman–Crippen MR) is 63.5 cm³/mol. The van der Waals surface area contributed by atoms with E-state index in [9.17, 15) is 9.59 Å². The van der Waals surface area contributed by atoms with E-state index in [-0.39, 0.29) is 0 Å². The van der Waals surface area contributed by atoms with Crippen LogP contribution in [0.4, 0.5) is 4.79 Å². The predicted octanol–water partition coefficient (Wildman–Crippen LogP) is 1.66. The van der Waals surface area contributed by atoms with Crippen molar-refractivity contribution in [2.75, 3.05) is 13.2 Å². The molecule has 0 bridgehead atoms. The molecule has 0 atom stereocenters. The molecule has 0 spiro atoms. The van der Waals surface area contributed by atoms with Crippen molar-refractivity contribution >= 4 is 12.0 Å². The number of hydroxylamine groups is 1. The summed E-state index contributed by atoms with van der Waals surface area (Å²) in [5.41, 5.74) is 1.99. The Morgan fingerprint density at radius 2 is 1.76 bits per heavy atom. The maximum absolute atomic E-state index is 11.0. The highest BCUT2D eigenvalue weighted by molar-refractivity contribution is 5.73. The molecule has 6 nitrogen and oxygen atoms in total. The summed E-state index contributed by atoms with van der Waals surface area (Å²) in [4.78, 5) is 25.5. The Morgan fingerprint density at radius 1 is 1.12 bits per heavy atom. The zero-order valence-corrected chi connectivity index (χ0v) is 10.3. The monoisotopic (exact) mass is 246 g/mol. The highest BCUT2D eigenvalue weighted by Crippen LogP contribution is 2.03. The second kappa shape index (κ2) is 11.2. The lowest BCUT2D eigenvalue weighted by Gasteiger charge is -2.06. The fourth-order valence-electron chi connectivity index (χ4n) is 1.31. The van der Waals surface area contributed by atoms with Crippen LogP contribution in [-0.2, 0) is 9.63 Å². The molecule has 0 rings (SSSR count). The van der Waals surface area contributed by atoms with Gasteiger partial charge in [0.1, 0.15) is 0 Å². The van der Waals surface area contributed by atoms with Gasteiger partial charge in [-0.2, -0.15) is 0 Å². The van der Waals surface area contributed by atoms with Crippen molar-refractivity contribution in [2.24, 2.45) is 0 Å². The third kappa shape index (κ3) is 12.6. The average molecular weight is 246 g/mol. The van der Waals surface area contributed by atoms with Gasteiger partial charge in [0, 0.05) is 6.54 Å². The number of aliphatic carboxylic acids is 1. The number of carbonyl (C=O) groups excluding carboxylic acids is 1. The lowest BCUT2D eigenvalue weighted by atomic mass is 10.1. The van der Waals surface area contributed by atoms with Crippen molar-refractivity contribution in [1.29, 1.82) is 0 Å². The fraction of sp³-hybridized carbons (Fsp3) is 0.818. The minimum atomic E-state index is -1.12. The third-order valence-electron chi connectivity index (χ3n) is 2.18. The van der Waals surface area contributed by atoms with E-state index in [1.807, 2.05) is 5.48 Å². The van der Waals surface area contributed by atoms with Crippen molar-refractivity contribution in [3.63, 3.8) is 0 Å². The third-order valence-corrected chi connectivity index (χ3v) is 2.18. The van der Waals surface area contributed by atoms with Gasteiger partial charge in [-0.05, 0) is 6.42 Å². The van der Waals surface area contributed by atoms with Crippen LogP contribution in [0.5, 0.6) is 0 Å². The van der Waals surface area contributed by atoms with Crippen LogP contribution in [-0.4, -0.2) is 30.3 Å². The molecule has 0 saturated carbocycles. The molecule has 0 aromatic heterocycles. The largest absolute Gasteiger partial charge is 0.479 e. The van der Waals surface area contributed by atoms with Crippen molar-refractivity contribution in [1.82, 2.24) is 10.8 Å². The van der Waals surface area contributed by atoms with E-state index in [4.69, 9.17) is 5.11 Å². The molecule has 2 amide bonds. The molecule has 0 radical (unpaired) electrons. The number of unbranched alkanes of at least 4 members (excludes halogenated alkanes) is 5. The minimum absolute atomic E-state index is 0.500. The molecule has 100 valence electrons. The second-order valence-corrected chi connectivity index (χ2v) is 3.81. The summed E-state index contributed by atoms with van der Waals surface area (Å²) in [7, 11) is 0. The Morgan fingerprint density at radius 3 is 2.41 bits per heavy atom. The summed E-state index contributed by atoms with van der Waals surface area (Å²) in [5, 5.41) is 10.8. The zero-order chi connectivity index (χ0) is 12.9. The van der Waals surface area contributed by atoms with Crippen molar-refractivity contribution in [3.05, 3.63) is 0 Å². The minimum Gasteiger partial charge on any atom is -0.479 e. The Balaban J connectivity index is 3.19. The van der Waals surface area contributed by atoms with Gasteiger partial charge in [-0.1, -0.05) is 39.0 Å². The Bertz CT molecular complexity index is 222. The molecule has 0 aromatic carbocycles. The van der Waals surface area contributed by atoms with Gasteiger partial charge < -0.3 is 10.4 Å². The van der Waals surface area contributed by atoms with Crippen LogP contribution in [0.1, 0.15) is 45.4 Å². The number of hydrogen-bond acceptors (Lipinski definition) is 3. The summed E-state index contributed by atoms with van der Waals surface area (Å²) in [6, 6.07) is -0.500. The topological polar surface area (TPSA) is 87.7 Å². The molecular weight excluding hydrogens is 224 g/mol. The maximum Gasteiger partial charge on any atom is 0.338 e. The van der Waals surface area contributed by atoms with Crippen molar-refractivity contribution in [3.8, 4) is 0 Å². The lowest BCUT2D eigenvalue weighted by molar-refractivity contribution is -0.144. The second-order valence-electron chi connectivity index (χ2n) is 3.81. The summed E-state index contributed by atoms with van der Waals surface area (Å²) in [5.74, 6) is -1.12. The van der Waals surface area contributed by atoms with Crippen LogP contribution in [0, 0.1) is 0 Å². The van der Waals surface area contributed by atoms with E-state index in [2.05, 4.69) is 17.1 Å². The zero-order valence-electron chi connectivity index (χ0n) is 10.3. The van der Waals surface area contributed by atoms with Crippen molar-refractivity contribution in [2.45, 2.75) is 45.4 Å². The van der Waals surface area contributed by atoms with Gasteiger partial charge in [-0.25, -0.2) is 15.1 Å². The van der Waals surface area contributed by atoms with Gasteiger partial charge >= 0.3 is 12.0 Å². The van der Waals surface area contributed by atoms with Crippen LogP contribution >= 0.6 is 0 Å². The highest BCUT2D eigenvalue weighted by atomic mass is 16.7. The van der Waals surface area contributed by atoms with Crippen LogP contribution in [0.25, 0.3) is 0 Å². The van der Waals surface area contributed by atoms with Gasteiger partial charge in [-0.15, -0.1) is 0 Å². The average Bonchev–Trinajstić information content (AvgIpc) is 2.27. The first kappa shape index (κ1) is 15.7. The first-order valence-electron chi connectivity index (χ1n) is 6.04. The maximum atomic E-state index is 11.0. The molecular formula is C11H22N2O4. The van der Waals surface area contributed by atoms with Crippen LogP contribution in [0.3, 0.4) is 0 Å². The number of carbonyl (C=O) groups is 2. The molecule has 0 heterocycles. The van der Waals surface area contributed by atoms with Crippen LogP contribution in [0.15, 0.2) is 0 Å². The molecule has 0 aliphatic heterocycles. The number of amides is 2.